The van der Waals surface area contributed by atoms with Crippen LogP contribution < -0.4 is 10.6 Å². The number of hydrogen-bond donors (Lipinski definition) is 2. The molecule has 0 aromatic carbocycles. The average molecular weight is 856 g/mol. The minimum Gasteiger partial charge on any atom is -0.409 e. The van der Waals surface area contributed by atoms with Crippen LogP contribution in [0.4, 0.5) is 5.69 Å². The molecule has 0 saturated carbocycles. The first-order valence-electron chi connectivity index (χ1n) is 17.7. The third-order valence-corrected chi connectivity index (χ3v) is 8.84. The fourth-order valence-corrected chi connectivity index (χ4v) is 6.19. The molecule has 5 aromatic heterocycles. The minimum absolute atomic E-state index is 0. The summed E-state index contributed by atoms with van der Waals surface area (Å²) < 4.78 is 7.74. The quantitative estimate of drug-likeness (QED) is 0.0842. The third kappa shape index (κ3) is 11.3. The Kier molecular flexibility index (Phi) is 14.7. The molecular formula is C38H44N11O7Y-. The number of carbonyl (C=O) groups is 7. The molecule has 57 heavy (non-hydrogen) atoms. The summed E-state index contributed by atoms with van der Waals surface area (Å²) >= 11 is 0. The van der Waals surface area contributed by atoms with Crippen molar-refractivity contribution >= 4 is 46.3 Å². The van der Waals surface area contributed by atoms with Crippen molar-refractivity contribution in [2.75, 3.05) is 18.4 Å². The van der Waals surface area contributed by atoms with Gasteiger partial charge in [0.25, 0.3) is 5.91 Å². The summed E-state index contributed by atoms with van der Waals surface area (Å²) in [4.78, 5) is 105. The Balaban J connectivity index is 0.00000720. The molecule has 2 N–H and O–H groups in total. The van der Waals surface area contributed by atoms with Crippen LogP contribution in [0.15, 0.2) is 37.1 Å². The zero-order chi connectivity index (χ0) is 40.8. The second-order valence-electron chi connectivity index (χ2n) is 13.7. The van der Waals surface area contributed by atoms with Crippen LogP contribution in [-0.4, -0.2) is 96.5 Å². The molecule has 0 fully saturated rings. The summed E-state index contributed by atoms with van der Waals surface area (Å²) in [7, 11) is 8.29. The van der Waals surface area contributed by atoms with E-state index in [-0.39, 0.29) is 129 Å². The van der Waals surface area contributed by atoms with Crippen molar-refractivity contribution < 1.29 is 66.3 Å². The predicted molar refractivity (Wildman–Crippen MR) is 201 cm³/mol. The van der Waals surface area contributed by atoms with Gasteiger partial charge in [0, 0.05) is 129 Å². The number of anilines is 1. The Labute approximate surface area is 353 Å². The number of carbonyl (C=O) groups excluding carboxylic acids is 7. The van der Waals surface area contributed by atoms with Crippen LogP contribution in [-0.2, 0) is 103 Å². The number of nitrogens with zero attached hydrogens (tertiary/aromatic N) is 9. The van der Waals surface area contributed by atoms with Crippen molar-refractivity contribution in [3.8, 4) is 0 Å². The summed E-state index contributed by atoms with van der Waals surface area (Å²) in [5.41, 5.74) is 2.61. The molecule has 0 spiro atoms. The van der Waals surface area contributed by atoms with Crippen LogP contribution in [0.25, 0.3) is 0 Å². The van der Waals surface area contributed by atoms with E-state index in [4.69, 9.17) is 0 Å². The van der Waals surface area contributed by atoms with E-state index in [1.54, 1.807) is 76.9 Å². The van der Waals surface area contributed by atoms with Gasteiger partial charge in [-0.2, -0.15) is 6.92 Å². The summed E-state index contributed by atoms with van der Waals surface area (Å²) in [6.07, 6.45) is 8.12. The Hall–Kier alpha value is -5.62. The van der Waals surface area contributed by atoms with E-state index in [2.05, 4.69) is 37.5 Å². The molecule has 297 valence electrons. The van der Waals surface area contributed by atoms with Crippen molar-refractivity contribution in [2.24, 2.45) is 35.2 Å². The first kappa shape index (κ1) is 44.1. The van der Waals surface area contributed by atoms with Gasteiger partial charge < -0.3 is 43.2 Å². The maximum atomic E-state index is 13.3. The van der Waals surface area contributed by atoms with Gasteiger partial charge in [-0.1, -0.05) is 0 Å². The topological polar surface area (TPSA) is 220 Å². The van der Waals surface area contributed by atoms with Gasteiger partial charge in [0.1, 0.15) is 17.3 Å². The molecule has 19 heteroatoms. The van der Waals surface area contributed by atoms with Gasteiger partial charge in [-0.3, -0.25) is 28.8 Å². The maximum absolute atomic E-state index is 13.3. The van der Waals surface area contributed by atoms with Gasteiger partial charge in [0.05, 0.1) is 54.2 Å². The number of ketones is 6. The predicted octanol–water partition coefficient (Wildman–Crippen LogP) is 1.57. The Morgan fingerprint density at radius 3 is 1.42 bits per heavy atom. The fourth-order valence-electron chi connectivity index (χ4n) is 6.19. The van der Waals surface area contributed by atoms with Gasteiger partial charge in [-0.25, -0.2) is 15.0 Å². The van der Waals surface area contributed by atoms with Crippen LogP contribution in [0, 0.1) is 6.92 Å². The van der Waals surface area contributed by atoms with E-state index in [0.717, 1.165) is 0 Å². The van der Waals surface area contributed by atoms with Gasteiger partial charge in [-0.05, 0) is 20.0 Å². The molecule has 1 amide bonds. The molecule has 18 nitrogen and oxygen atoms in total. The van der Waals surface area contributed by atoms with E-state index in [0.29, 0.717) is 47.1 Å². The van der Waals surface area contributed by atoms with Gasteiger partial charge in [0.15, 0.2) is 17.5 Å². The molecule has 0 aliphatic rings. The van der Waals surface area contributed by atoms with Crippen molar-refractivity contribution in [2.45, 2.75) is 45.4 Å². The van der Waals surface area contributed by atoms with Crippen LogP contribution in [0.5, 0.6) is 0 Å². The number of hydrogen-bond acceptors (Lipinski definition) is 12. The summed E-state index contributed by atoms with van der Waals surface area (Å²) in [5, 5.41) is 5.85. The molecule has 5 aromatic rings. The Morgan fingerprint density at radius 2 is 1.00 bits per heavy atom. The summed E-state index contributed by atoms with van der Waals surface area (Å²) in [6.45, 7) is 5.45. The molecule has 1 radical (unpaired) electrons. The Morgan fingerprint density at radius 1 is 0.579 bits per heavy atom. The third-order valence-electron chi connectivity index (χ3n) is 8.84. The van der Waals surface area contributed by atoms with E-state index in [1.165, 1.54) is 25.2 Å². The number of nitrogens with one attached hydrogen (secondary N) is 2. The maximum Gasteiger partial charge on any atom is 0.267 e. The molecule has 0 aliphatic heterocycles. The second kappa shape index (κ2) is 19.0. The van der Waals surface area contributed by atoms with E-state index < -0.39 is 5.78 Å². The minimum atomic E-state index is -0.464. The molecular weight excluding hydrogens is 811 g/mol. The summed E-state index contributed by atoms with van der Waals surface area (Å²) in [5.74, 6) is -1.48. The van der Waals surface area contributed by atoms with Gasteiger partial charge in [0.2, 0.25) is 17.3 Å². The number of rotatable bonds is 20. The molecule has 0 saturated heterocycles. The number of aryl methyl sites for hydroxylation is 5. The fraction of sp³-hybridized carbons (Fsp3) is 0.368. The normalized spacial score (nSPS) is 10.9. The number of aromatic nitrogens is 9. The van der Waals surface area contributed by atoms with Crippen molar-refractivity contribution in [3.63, 3.8) is 0 Å². The molecule has 0 atom stereocenters. The molecule has 5 rings (SSSR count). The number of amides is 1. The Bertz CT molecular complexity index is 2360. The first-order chi connectivity index (χ1) is 26.5. The smallest absolute Gasteiger partial charge is 0.267 e. The SMILES string of the molecule is [CH2-]C(=O)c1nc(CC(=O)c2nc(CC(=O)c3nc(CC(=O)c4nc(CC(=O)CCNC(=O)c5cc(NCCC(C)=O)cn5C)cn4C)cn3C)cn2C)cn1C.[Y]. The van der Waals surface area contributed by atoms with Crippen molar-refractivity contribution in [1.82, 2.24) is 48.1 Å². The average Bonchev–Trinajstić information content (AvgIpc) is 3.93. The molecule has 5 heterocycles. The van der Waals surface area contributed by atoms with Crippen LogP contribution >= 0.6 is 0 Å². The van der Waals surface area contributed by atoms with Crippen LogP contribution in [0.3, 0.4) is 0 Å². The van der Waals surface area contributed by atoms with Crippen molar-refractivity contribution in [1.29, 1.82) is 0 Å². The zero-order valence-corrected chi connectivity index (χ0v) is 35.6. The standard InChI is InChI=1S/C38H44N11O7.Y/c1-22(50)8-10-39-24-13-30(45(3)17-24)38(56)40-11-9-29(52)12-25-18-47(5)35(42-25)32(54)15-27-20-49(7)37(44-27)33(55)16-28-21-48(6)36(43-28)31(53)14-26-19-46(4)34(41-26)23(2)51;/h13,17-21,39H,2,8-12,14-16H2,1,3-7H3,(H,40,56);/q-1;. The second-order valence-corrected chi connectivity index (χ2v) is 13.7. The van der Waals surface area contributed by atoms with Crippen LogP contribution in [0.2, 0.25) is 0 Å². The number of imidazole rings is 4. The van der Waals surface area contributed by atoms with Gasteiger partial charge in [-0.15, -0.1) is 0 Å². The van der Waals surface area contributed by atoms with E-state index in [9.17, 15) is 33.6 Å². The largest absolute Gasteiger partial charge is 0.409 e. The summed E-state index contributed by atoms with van der Waals surface area (Å²) in [6, 6.07) is 1.68. The number of Topliss-reactive ketones (excluding diaryl/α,β-unsaturated/α-hetero) is 6. The molecule has 0 unspecified atom stereocenters. The monoisotopic (exact) mass is 855 g/mol. The first-order valence-corrected chi connectivity index (χ1v) is 17.7. The molecule has 0 aliphatic carbocycles. The van der Waals surface area contributed by atoms with E-state index >= 15 is 0 Å². The zero-order valence-electron chi connectivity index (χ0n) is 32.8. The van der Waals surface area contributed by atoms with Crippen molar-refractivity contribution in [3.05, 3.63) is 95.7 Å². The van der Waals surface area contributed by atoms with Gasteiger partial charge >= 0.3 is 0 Å². The molecule has 0 bridgehead atoms. The van der Waals surface area contributed by atoms with Crippen LogP contribution in [0.1, 0.15) is 95.5 Å². The van der Waals surface area contributed by atoms with E-state index in [1.807, 2.05) is 0 Å².